The number of nitrogens with two attached hydrogens (primary N) is 1. The van der Waals surface area contributed by atoms with Crippen LogP contribution in [0.15, 0.2) is 18.2 Å². The predicted octanol–water partition coefficient (Wildman–Crippen LogP) is 2.29. The fourth-order valence-electron chi connectivity index (χ4n) is 2.65. The molecular formula is C16H26N2O2. The van der Waals surface area contributed by atoms with Crippen LogP contribution in [0.5, 0.6) is 11.5 Å². The van der Waals surface area contributed by atoms with E-state index in [2.05, 4.69) is 18.9 Å². The smallest absolute Gasteiger partial charge is 0.161 e. The number of methoxy groups -OCH3 is 2. The third kappa shape index (κ3) is 3.64. The molecule has 0 spiro atoms. The highest BCUT2D eigenvalue weighted by molar-refractivity contribution is 5.43. The van der Waals surface area contributed by atoms with E-state index in [-0.39, 0.29) is 6.04 Å². The molecule has 4 heteroatoms. The Hall–Kier alpha value is -1.26. The van der Waals surface area contributed by atoms with Gasteiger partial charge in [0.25, 0.3) is 0 Å². The van der Waals surface area contributed by atoms with E-state index in [1.54, 1.807) is 14.2 Å². The van der Waals surface area contributed by atoms with E-state index in [1.807, 2.05) is 18.2 Å². The molecule has 0 saturated heterocycles. The predicted molar refractivity (Wildman–Crippen MR) is 81.2 cm³/mol. The maximum absolute atomic E-state index is 6.30. The van der Waals surface area contributed by atoms with Crippen molar-refractivity contribution >= 4 is 0 Å². The van der Waals surface area contributed by atoms with Crippen LogP contribution in [0.25, 0.3) is 0 Å². The zero-order valence-corrected chi connectivity index (χ0v) is 12.9. The van der Waals surface area contributed by atoms with Gasteiger partial charge >= 0.3 is 0 Å². The molecule has 112 valence electrons. The van der Waals surface area contributed by atoms with Crippen LogP contribution in [0.1, 0.15) is 24.9 Å². The normalized spacial score (nSPS) is 22.7. The van der Waals surface area contributed by atoms with E-state index in [4.69, 9.17) is 15.2 Å². The van der Waals surface area contributed by atoms with Gasteiger partial charge in [0.05, 0.1) is 14.2 Å². The summed E-state index contributed by atoms with van der Waals surface area (Å²) < 4.78 is 10.6. The van der Waals surface area contributed by atoms with Crippen molar-refractivity contribution in [3.05, 3.63) is 23.8 Å². The first-order valence-corrected chi connectivity index (χ1v) is 7.21. The summed E-state index contributed by atoms with van der Waals surface area (Å²) in [5.41, 5.74) is 7.39. The first-order valence-electron chi connectivity index (χ1n) is 7.21. The number of benzene rings is 1. The summed E-state index contributed by atoms with van der Waals surface area (Å²) in [5, 5.41) is 0. The standard InChI is InChI=1S/C16H26N2O2/c1-11-7-13(11)9-18(2)10-14(17)12-5-6-15(19-3)16(8-12)20-4/h5-6,8,11,13-14H,7,9-10,17H2,1-4H3. The van der Waals surface area contributed by atoms with E-state index < -0.39 is 0 Å². The summed E-state index contributed by atoms with van der Waals surface area (Å²) in [6, 6.07) is 5.89. The van der Waals surface area contributed by atoms with Gasteiger partial charge in [-0.3, -0.25) is 0 Å². The zero-order valence-electron chi connectivity index (χ0n) is 12.9. The largest absolute Gasteiger partial charge is 0.493 e. The Kier molecular flexibility index (Phi) is 4.89. The molecular weight excluding hydrogens is 252 g/mol. The second-order valence-electron chi connectivity index (χ2n) is 5.92. The number of nitrogens with zero attached hydrogens (tertiary/aromatic N) is 1. The van der Waals surface area contributed by atoms with Crippen molar-refractivity contribution in [1.29, 1.82) is 0 Å². The van der Waals surface area contributed by atoms with Gasteiger partial charge in [0.2, 0.25) is 0 Å². The number of rotatable bonds is 7. The first-order chi connectivity index (χ1) is 9.55. The van der Waals surface area contributed by atoms with Crippen LogP contribution in [0.4, 0.5) is 0 Å². The molecule has 3 unspecified atom stereocenters. The van der Waals surface area contributed by atoms with Crippen molar-refractivity contribution in [2.75, 3.05) is 34.4 Å². The average molecular weight is 278 g/mol. The molecule has 1 aromatic rings. The van der Waals surface area contributed by atoms with Crippen molar-refractivity contribution in [3.63, 3.8) is 0 Å². The summed E-state index contributed by atoms with van der Waals surface area (Å²) in [4.78, 5) is 2.33. The molecule has 1 aliphatic rings. The van der Waals surface area contributed by atoms with Crippen LogP contribution >= 0.6 is 0 Å². The van der Waals surface area contributed by atoms with Gasteiger partial charge in [-0.15, -0.1) is 0 Å². The first kappa shape index (κ1) is 15.1. The number of ether oxygens (including phenoxy) is 2. The Morgan fingerprint density at radius 1 is 1.30 bits per heavy atom. The molecule has 0 aliphatic heterocycles. The number of likely N-dealkylation sites (N-methyl/N-ethyl adjacent to an activating group) is 1. The molecule has 1 fully saturated rings. The summed E-state index contributed by atoms with van der Waals surface area (Å²) >= 11 is 0. The Bertz CT molecular complexity index is 450. The highest BCUT2D eigenvalue weighted by atomic mass is 16.5. The van der Waals surface area contributed by atoms with Crippen LogP contribution in [-0.4, -0.2) is 39.3 Å². The van der Waals surface area contributed by atoms with Crippen molar-refractivity contribution in [2.24, 2.45) is 17.6 Å². The van der Waals surface area contributed by atoms with Gasteiger partial charge in [-0.25, -0.2) is 0 Å². The Labute approximate surface area is 121 Å². The van der Waals surface area contributed by atoms with Gasteiger partial charge in [-0.05, 0) is 43.0 Å². The minimum atomic E-state index is -0.00568. The lowest BCUT2D eigenvalue weighted by Gasteiger charge is -2.22. The summed E-state index contributed by atoms with van der Waals surface area (Å²) in [6.45, 7) is 4.31. The fourth-order valence-corrected chi connectivity index (χ4v) is 2.65. The fraction of sp³-hybridized carbons (Fsp3) is 0.625. The maximum Gasteiger partial charge on any atom is 0.161 e. The SMILES string of the molecule is COc1ccc(C(N)CN(C)CC2CC2C)cc1OC. The number of hydrogen-bond donors (Lipinski definition) is 1. The van der Waals surface area contributed by atoms with E-state index in [0.717, 1.165) is 42.0 Å². The van der Waals surface area contributed by atoms with Gasteiger partial charge in [0.1, 0.15) is 0 Å². The third-order valence-electron chi connectivity index (χ3n) is 4.17. The molecule has 1 aliphatic carbocycles. The molecule has 2 N–H and O–H groups in total. The van der Waals surface area contributed by atoms with Gasteiger partial charge in [0.15, 0.2) is 11.5 Å². The highest BCUT2D eigenvalue weighted by Crippen LogP contribution is 2.38. The van der Waals surface area contributed by atoms with Gasteiger partial charge in [-0.1, -0.05) is 13.0 Å². The Morgan fingerprint density at radius 2 is 1.95 bits per heavy atom. The van der Waals surface area contributed by atoms with Crippen LogP contribution in [0, 0.1) is 11.8 Å². The molecule has 0 amide bonds. The van der Waals surface area contributed by atoms with Crippen molar-refractivity contribution in [1.82, 2.24) is 4.90 Å². The minimum absolute atomic E-state index is 0.00568. The molecule has 0 aromatic heterocycles. The lowest BCUT2D eigenvalue weighted by Crippen LogP contribution is -2.30. The Balaban J connectivity index is 1.95. The van der Waals surface area contributed by atoms with Crippen LogP contribution in [0.2, 0.25) is 0 Å². The average Bonchev–Trinajstić information content (AvgIpc) is 3.12. The van der Waals surface area contributed by atoms with Gasteiger partial charge in [-0.2, -0.15) is 0 Å². The van der Waals surface area contributed by atoms with E-state index >= 15 is 0 Å². The Morgan fingerprint density at radius 3 is 2.50 bits per heavy atom. The summed E-state index contributed by atoms with van der Waals surface area (Å²) in [5.74, 6) is 3.22. The monoisotopic (exact) mass is 278 g/mol. The lowest BCUT2D eigenvalue weighted by molar-refractivity contribution is 0.295. The van der Waals surface area contributed by atoms with Crippen molar-refractivity contribution in [2.45, 2.75) is 19.4 Å². The van der Waals surface area contributed by atoms with E-state index in [0.29, 0.717) is 0 Å². The highest BCUT2D eigenvalue weighted by Gasteiger charge is 2.33. The van der Waals surface area contributed by atoms with Crippen LogP contribution < -0.4 is 15.2 Å². The molecule has 0 bridgehead atoms. The summed E-state index contributed by atoms with van der Waals surface area (Å²) in [6.07, 6.45) is 1.36. The molecule has 4 nitrogen and oxygen atoms in total. The molecule has 1 saturated carbocycles. The minimum Gasteiger partial charge on any atom is -0.493 e. The third-order valence-corrected chi connectivity index (χ3v) is 4.17. The molecule has 0 radical (unpaired) electrons. The lowest BCUT2D eigenvalue weighted by atomic mass is 10.1. The van der Waals surface area contributed by atoms with Crippen molar-refractivity contribution in [3.8, 4) is 11.5 Å². The molecule has 20 heavy (non-hydrogen) atoms. The number of hydrogen-bond acceptors (Lipinski definition) is 4. The molecule has 0 heterocycles. The summed E-state index contributed by atoms with van der Waals surface area (Å²) in [7, 11) is 5.43. The topological polar surface area (TPSA) is 47.7 Å². The van der Waals surface area contributed by atoms with E-state index in [1.165, 1.54) is 6.42 Å². The van der Waals surface area contributed by atoms with Crippen molar-refractivity contribution < 1.29 is 9.47 Å². The van der Waals surface area contributed by atoms with Gasteiger partial charge < -0.3 is 20.1 Å². The second-order valence-corrected chi connectivity index (χ2v) is 5.92. The van der Waals surface area contributed by atoms with Gasteiger partial charge in [0, 0.05) is 19.1 Å². The zero-order chi connectivity index (χ0) is 14.7. The molecule has 1 aromatic carbocycles. The maximum atomic E-state index is 6.30. The van der Waals surface area contributed by atoms with Crippen LogP contribution in [0.3, 0.4) is 0 Å². The van der Waals surface area contributed by atoms with Crippen LogP contribution in [-0.2, 0) is 0 Å². The van der Waals surface area contributed by atoms with E-state index in [9.17, 15) is 0 Å². The molecule has 2 rings (SSSR count). The quantitative estimate of drug-likeness (QED) is 0.831. The second kappa shape index (κ2) is 6.46. The molecule has 3 atom stereocenters.